The molecule has 60 valence electrons. The third-order valence-electron chi connectivity index (χ3n) is 2.24. The summed E-state index contributed by atoms with van der Waals surface area (Å²) in [5.41, 5.74) is 6.03. The first-order chi connectivity index (χ1) is 5.29. The number of oxazole rings is 1. The molecule has 0 spiro atoms. The topological polar surface area (TPSA) is 52.0 Å². The third-order valence-corrected chi connectivity index (χ3v) is 2.24. The fourth-order valence-electron chi connectivity index (χ4n) is 1.15. The van der Waals surface area contributed by atoms with Crippen molar-refractivity contribution >= 4 is 0 Å². The van der Waals surface area contributed by atoms with Crippen molar-refractivity contribution in [2.45, 2.75) is 31.2 Å². The van der Waals surface area contributed by atoms with Crippen LogP contribution in [0.1, 0.15) is 25.0 Å². The average molecular weight is 152 g/mol. The van der Waals surface area contributed by atoms with E-state index < -0.39 is 0 Å². The first-order valence-corrected chi connectivity index (χ1v) is 3.95. The highest BCUT2D eigenvalue weighted by atomic mass is 16.3. The summed E-state index contributed by atoms with van der Waals surface area (Å²) in [6, 6.07) is 0. The van der Waals surface area contributed by atoms with E-state index in [1.807, 2.05) is 0 Å². The number of hydrogen-bond acceptors (Lipinski definition) is 3. The molecular weight excluding hydrogens is 140 g/mol. The van der Waals surface area contributed by atoms with Crippen molar-refractivity contribution in [2.75, 3.05) is 0 Å². The molecule has 1 aliphatic carbocycles. The molecule has 1 fully saturated rings. The number of hydrogen-bond donors (Lipinski definition) is 1. The lowest BCUT2D eigenvalue weighted by Gasteiger charge is -2.04. The molecule has 0 amide bonds. The van der Waals surface area contributed by atoms with Crippen molar-refractivity contribution in [3.8, 4) is 0 Å². The quantitative estimate of drug-likeness (QED) is 0.705. The summed E-state index contributed by atoms with van der Waals surface area (Å²) < 4.78 is 5.09. The van der Waals surface area contributed by atoms with Gasteiger partial charge in [0.05, 0.1) is 6.20 Å². The maximum Gasteiger partial charge on any atom is 0.180 e. The van der Waals surface area contributed by atoms with Crippen LogP contribution in [0, 0.1) is 0 Å². The molecule has 3 heteroatoms. The molecule has 1 aliphatic rings. The molecule has 0 atom stereocenters. The lowest BCUT2D eigenvalue weighted by atomic mass is 10.1. The second kappa shape index (κ2) is 2.34. The largest absolute Gasteiger partial charge is 0.449 e. The summed E-state index contributed by atoms with van der Waals surface area (Å²) in [6.07, 6.45) is 7.51. The van der Waals surface area contributed by atoms with E-state index >= 15 is 0 Å². The van der Waals surface area contributed by atoms with Crippen LogP contribution in [0.15, 0.2) is 17.0 Å². The van der Waals surface area contributed by atoms with Crippen LogP contribution >= 0.6 is 0 Å². The fraction of sp³-hybridized carbons (Fsp3) is 0.625. The van der Waals surface area contributed by atoms with E-state index in [1.54, 1.807) is 6.20 Å². The Labute approximate surface area is 65.6 Å². The van der Waals surface area contributed by atoms with E-state index in [2.05, 4.69) is 4.98 Å². The number of aromatic nitrogens is 1. The number of nitrogens with two attached hydrogens (primary N) is 1. The van der Waals surface area contributed by atoms with Crippen LogP contribution in [-0.4, -0.2) is 10.5 Å². The highest BCUT2D eigenvalue weighted by Gasteiger charge is 2.37. The van der Waals surface area contributed by atoms with Gasteiger partial charge in [-0.2, -0.15) is 0 Å². The molecule has 0 saturated heterocycles. The predicted molar refractivity (Wildman–Crippen MR) is 41.0 cm³/mol. The first kappa shape index (κ1) is 6.85. The summed E-state index contributed by atoms with van der Waals surface area (Å²) in [7, 11) is 0. The zero-order valence-electron chi connectivity index (χ0n) is 6.42. The van der Waals surface area contributed by atoms with Gasteiger partial charge in [-0.15, -0.1) is 0 Å². The van der Waals surface area contributed by atoms with Gasteiger partial charge >= 0.3 is 0 Å². The minimum absolute atomic E-state index is 0.132. The molecule has 0 bridgehead atoms. The average Bonchev–Trinajstić information content (AvgIpc) is 2.53. The molecule has 1 aromatic rings. The van der Waals surface area contributed by atoms with E-state index in [4.69, 9.17) is 10.2 Å². The van der Waals surface area contributed by atoms with Crippen molar-refractivity contribution < 1.29 is 4.42 Å². The number of rotatable bonds is 3. The Morgan fingerprint density at radius 3 is 3.00 bits per heavy atom. The minimum atomic E-state index is 0.132. The van der Waals surface area contributed by atoms with Gasteiger partial charge in [-0.1, -0.05) is 0 Å². The zero-order valence-corrected chi connectivity index (χ0v) is 6.42. The molecule has 0 aromatic carbocycles. The number of aryl methyl sites for hydroxylation is 1. The molecule has 0 unspecified atom stereocenters. The van der Waals surface area contributed by atoms with E-state index in [0.29, 0.717) is 0 Å². The highest BCUT2D eigenvalue weighted by molar-refractivity contribution is 5.01. The van der Waals surface area contributed by atoms with Gasteiger partial charge < -0.3 is 10.2 Å². The van der Waals surface area contributed by atoms with E-state index in [0.717, 1.165) is 18.6 Å². The Morgan fingerprint density at radius 2 is 2.45 bits per heavy atom. The monoisotopic (exact) mass is 152 g/mol. The molecule has 1 saturated carbocycles. The van der Waals surface area contributed by atoms with Crippen LogP contribution in [0.25, 0.3) is 0 Å². The van der Waals surface area contributed by atoms with Gasteiger partial charge in [-0.3, -0.25) is 0 Å². The normalized spacial score (nSPS) is 20.1. The lowest BCUT2D eigenvalue weighted by molar-refractivity contribution is 0.477. The van der Waals surface area contributed by atoms with E-state index in [-0.39, 0.29) is 5.54 Å². The van der Waals surface area contributed by atoms with Gasteiger partial charge in [0.1, 0.15) is 5.76 Å². The first-order valence-electron chi connectivity index (χ1n) is 3.95. The second-order valence-electron chi connectivity index (χ2n) is 3.33. The van der Waals surface area contributed by atoms with Crippen molar-refractivity contribution in [3.63, 3.8) is 0 Å². The van der Waals surface area contributed by atoms with E-state index in [1.165, 1.54) is 19.2 Å². The highest BCUT2D eigenvalue weighted by Crippen LogP contribution is 2.36. The predicted octanol–water partition coefficient (Wildman–Crippen LogP) is 1.10. The molecule has 0 aliphatic heterocycles. The lowest BCUT2D eigenvalue weighted by Crippen LogP contribution is -2.21. The Hall–Kier alpha value is -0.830. The summed E-state index contributed by atoms with van der Waals surface area (Å²) in [5, 5.41) is 0. The van der Waals surface area contributed by atoms with Crippen molar-refractivity contribution in [3.05, 3.63) is 18.4 Å². The smallest absolute Gasteiger partial charge is 0.180 e. The van der Waals surface area contributed by atoms with Gasteiger partial charge in [-0.25, -0.2) is 4.98 Å². The summed E-state index contributed by atoms with van der Waals surface area (Å²) in [6.45, 7) is 0. The van der Waals surface area contributed by atoms with Crippen LogP contribution in [0.2, 0.25) is 0 Å². The molecule has 1 aromatic heterocycles. The SMILES string of the molecule is NC1(CCc2cnco2)CC1. The Balaban J connectivity index is 1.83. The van der Waals surface area contributed by atoms with Crippen molar-refractivity contribution in [2.24, 2.45) is 5.73 Å². The summed E-state index contributed by atoms with van der Waals surface area (Å²) >= 11 is 0. The molecule has 0 radical (unpaired) electrons. The molecule has 11 heavy (non-hydrogen) atoms. The fourth-order valence-corrected chi connectivity index (χ4v) is 1.15. The Morgan fingerprint density at radius 1 is 1.64 bits per heavy atom. The third kappa shape index (κ3) is 1.60. The van der Waals surface area contributed by atoms with Gasteiger partial charge in [0.2, 0.25) is 0 Å². The molecule has 3 nitrogen and oxygen atoms in total. The number of nitrogens with zero attached hydrogens (tertiary/aromatic N) is 1. The Bertz CT molecular complexity index is 226. The molecule has 2 N–H and O–H groups in total. The minimum Gasteiger partial charge on any atom is -0.449 e. The Kier molecular flexibility index (Phi) is 1.46. The van der Waals surface area contributed by atoms with Gasteiger partial charge in [0.25, 0.3) is 0 Å². The summed E-state index contributed by atoms with van der Waals surface area (Å²) in [4.78, 5) is 3.84. The molecule has 1 heterocycles. The molecular formula is C8H12N2O. The van der Waals surface area contributed by atoms with E-state index in [9.17, 15) is 0 Å². The standard InChI is InChI=1S/C8H12N2O/c9-8(3-4-8)2-1-7-5-10-6-11-7/h5-6H,1-4,9H2. The van der Waals surface area contributed by atoms with Crippen molar-refractivity contribution in [1.29, 1.82) is 0 Å². The van der Waals surface area contributed by atoms with Gasteiger partial charge in [0, 0.05) is 12.0 Å². The molecule has 2 rings (SSSR count). The van der Waals surface area contributed by atoms with Gasteiger partial charge in [-0.05, 0) is 19.3 Å². The maximum atomic E-state index is 5.90. The second-order valence-corrected chi connectivity index (χ2v) is 3.33. The van der Waals surface area contributed by atoms with Gasteiger partial charge in [0.15, 0.2) is 6.39 Å². The van der Waals surface area contributed by atoms with Crippen LogP contribution < -0.4 is 5.73 Å². The van der Waals surface area contributed by atoms with Crippen molar-refractivity contribution in [1.82, 2.24) is 4.98 Å². The van der Waals surface area contributed by atoms with Crippen LogP contribution in [0.3, 0.4) is 0 Å². The maximum absolute atomic E-state index is 5.90. The summed E-state index contributed by atoms with van der Waals surface area (Å²) in [5.74, 6) is 0.946. The van der Waals surface area contributed by atoms with Crippen LogP contribution in [0.4, 0.5) is 0 Å². The zero-order chi connectivity index (χ0) is 7.73. The van der Waals surface area contributed by atoms with Crippen LogP contribution in [-0.2, 0) is 6.42 Å². The van der Waals surface area contributed by atoms with Crippen LogP contribution in [0.5, 0.6) is 0 Å².